The number of hydrogen-bond acceptors (Lipinski definition) is 7. The summed E-state index contributed by atoms with van der Waals surface area (Å²) in [5.74, 6) is 1.08. The summed E-state index contributed by atoms with van der Waals surface area (Å²) >= 11 is 7.30. The van der Waals surface area contributed by atoms with Crippen LogP contribution in [0.1, 0.15) is 13.8 Å². The van der Waals surface area contributed by atoms with Crippen LogP contribution in [-0.2, 0) is 10.0 Å². The molecular weight excluding hydrogens is 494 g/mol. The van der Waals surface area contributed by atoms with Gasteiger partial charge in [-0.1, -0.05) is 11.6 Å². The summed E-state index contributed by atoms with van der Waals surface area (Å²) in [5.41, 5.74) is 2.08. The molecular formula is C24H28ClN3O4S2. The number of nitrogens with one attached hydrogen (secondary N) is 2. The molecule has 3 aromatic rings. The number of ether oxygens (including phenoxy) is 2. The Morgan fingerprint density at radius 1 is 1.00 bits per heavy atom. The van der Waals surface area contributed by atoms with E-state index in [2.05, 4.69) is 28.8 Å². The van der Waals surface area contributed by atoms with Crippen molar-refractivity contribution in [1.82, 2.24) is 5.32 Å². The van der Waals surface area contributed by atoms with Gasteiger partial charge in [0.25, 0.3) is 10.0 Å². The van der Waals surface area contributed by atoms with Crippen LogP contribution in [0.4, 0.5) is 11.4 Å². The van der Waals surface area contributed by atoms with Gasteiger partial charge in [0, 0.05) is 46.3 Å². The van der Waals surface area contributed by atoms with Crippen LogP contribution in [-0.4, -0.2) is 47.8 Å². The molecule has 2 aromatic carbocycles. The van der Waals surface area contributed by atoms with Crippen LogP contribution in [0.25, 0.3) is 10.4 Å². The van der Waals surface area contributed by atoms with Crippen LogP contribution in [0.2, 0.25) is 5.02 Å². The molecule has 2 heterocycles. The highest BCUT2D eigenvalue weighted by molar-refractivity contribution is 7.94. The van der Waals surface area contributed by atoms with Crippen molar-refractivity contribution < 1.29 is 17.9 Å². The predicted molar refractivity (Wildman–Crippen MR) is 139 cm³/mol. The predicted octanol–water partition coefficient (Wildman–Crippen LogP) is 5.07. The van der Waals surface area contributed by atoms with Crippen molar-refractivity contribution in [2.75, 3.05) is 36.9 Å². The molecule has 7 nitrogen and oxygen atoms in total. The van der Waals surface area contributed by atoms with Gasteiger partial charge in [0.2, 0.25) is 0 Å². The molecule has 0 amide bonds. The number of anilines is 2. The van der Waals surface area contributed by atoms with Crippen molar-refractivity contribution in [2.45, 2.75) is 30.1 Å². The highest BCUT2D eigenvalue weighted by Crippen LogP contribution is 2.39. The summed E-state index contributed by atoms with van der Waals surface area (Å²) in [6, 6.07) is 14.8. The molecule has 0 aliphatic carbocycles. The smallest absolute Gasteiger partial charge is 0.271 e. The molecule has 0 radical (unpaired) electrons. The van der Waals surface area contributed by atoms with E-state index in [0.29, 0.717) is 34.3 Å². The molecule has 34 heavy (non-hydrogen) atoms. The van der Waals surface area contributed by atoms with Crippen molar-refractivity contribution in [1.29, 1.82) is 0 Å². The van der Waals surface area contributed by atoms with Crippen molar-refractivity contribution in [3.05, 3.63) is 53.6 Å². The van der Waals surface area contributed by atoms with Crippen molar-refractivity contribution in [2.24, 2.45) is 0 Å². The zero-order valence-corrected chi connectivity index (χ0v) is 21.9. The molecule has 0 bridgehead atoms. The van der Waals surface area contributed by atoms with Gasteiger partial charge < -0.3 is 19.7 Å². The SMILES string of the molecule is COc1ccc(N2C[C@@H](C)N[C@@H](C)C2)cc1NS(=O)(=O)c1ccc(-c2cc(Cl)ccc2OC)s1. The second-order valence-electron chi connectivity index (χ2n) is 8.33. The van der Waals surface area contributed by atoms with Crippen molar-refractivity contribution in [3.63, 3.8) is 0 Å². The second kappa shape index (κ2) is 10.0. The van der Waals surface area contributed by atoms with Gasteiger partial charge >= 0.3 is 0 Å². The van der Waals surface area contributed by atoms with E-state index in [-0.39, 0.29) is 4.21 Å². The van der Waals surface area contributed by atoms with Crippen molar-refractivity contribution in [3.8, 4) is 21.9 Å². The lowest BCUT2D eigenvalue weighted by atomic mass is 10.1. The zero-order valence-electron chi connectivity index (χ0n) is 19.5. The number of benzene rings is 2. The van der Waals surface area contributed by atoms with E-state index in [4.69, 9.17) is 21.1 Å². The number of hydrogen-bond donors (Lipinski definition) is 2. The van der Waals surface area contributed by atoms with E-state index >= 15 is 0 Å². The molecule has 2 N–H and O–H groups in total. The number of methoxy groups -OCH3 is 2. The van der Waals surface area contributed by atoms with E-state index in [1.165, 1.54) is 7.11 Å². The molecule has 4 rings (SSSR count). The van der Waals surface area contributed by atoms with E-state index in [9.17, 15) is 8.42 Å². The minimum Gasteiger partial charge on any atom is -0.496 e. The Morgan fingerprint density at radius 2 is 1.68 bits per heavy atom. The number of thiophene rings is 1. The van der Waals surface area contributed by atoms with Gasteiger partial charge in [-0.05, 0) is 62.4 Å². The molecule has 1 aliphatic rings. The standard InChI is InChI=1S/C24H28ClN3O4S2/c1-15-13-28(14-16(2)26-15)18-6-8-22(32-4)20(12-18)27-34(29,30)24-10-9-23(33-24)19-11-17(25)5-7-21(19)31-3/h5-12,15-16,26-27H,13-14H2,1-4H3/t15-,16+. The second-order valence-corrected chi connectivity index (χ2v) is 11.8. The van der Waals surface area contributed by atoms with Gasteiger partial charge in [-0.3, -0.25) is 4.72 Å². The summed E-state index contributed by atoms with van der Waals surface area (Å²) in [4.78, 5) is 2.99. The number of nitrogens with zero attached hydrogens (tertiary/aromatic N) is 1. The zero-order chi connectivity index (χ0) is 24.5. The lowest BCUT2D eigenvalue weighted by Gasteiger charge is -2.38. The molecule has 0 spiro atoms. The molecule has 1 fully saturated rings. The average molecular weight is 522 g/mol. The minimum absolute atomic E-state index is 0.182. The fraction of sp³-hybridized carbons (Fsp3) is 0.333. The summed E-state index contributed by atoms with van der Waals surface area (Å²) in [6.45, 7) is 5.94. The topological polar surface area (TPSA) is 79.9 Å². The number of rotatable bonds is 7. The van der Waals surface area contributed by atoms with Gasteiger partial charge in [-0.15, -0.1) is 11.3 Å². The lowest BCUT2D eigenvalue weighted by molar-refractivity contribution is 0.406. The first-order valence-electron chi connectivity index (χ1n) is 10.9. The number of piperazine rings is 1. The Morgan fingerprint density at radius 3 is 2.35 bits per heavy atom. The molecule has 0 saturated carbocycles. The minimum atomic E-state index is -3.85. The molecule has 10 heteroatoms. The van der Waals surface area contributed by atoms with E-state index < -0.39 is 10.0 Å². The maximum absolute atomic E-state index is 13.3. The number of halogens is 1. The van der Waals surface area contributed by atoms with Crippen LogP contribution < -0.4 is 24.4 Å². The first-order valence-corrected chi connectivity index (χ1v) is 13.5. The Bertz CT molecular complexity index is 1270. The Balaban J connectivity index is 1.63. The van der Waals surface area contributed by atoms with E-state index in [1.807, 2.05) is 12.1 Å². The lowest BCUT2D eigenvalue weighted by Crippen LogP contribution is -2.54. The maximum Gasteiger partial charge on any atom is 0.271 e. The van der Waals surface area contributed by atoms with Crippen LogP contribution in [0.15, 0.2) is 52.7 Å². The number of sulfonamides is 1. The fourth-order valence-electron chi connectivity index (χ4n) is 4.19. The fourth-order valence-corrected chi connectivity index (χ4v) is 6.75. The largest absolute Gasteiger partial charge is 0.496 e. The van der Waals surface area contributed by atoms with Gasteiger partial charge in [0.15, 0.2) is 0 Å². The van der Waals surface area contributed by atoms with Gasteiger partial charge in [-0.2, -0.15) is 0 Å². The highest BCUT2D eigenvalue weighted by atomic mass is 35.5. The molecule has 1 aromatic heterocycles. The maximum atomic E-state index is 13.3. The third-order valence-electron chi connectivity index (χ3n) is 5.62. The van der Waals surface area contributed by atoms with Gasteiger partial charge in [0.05, 0.1) is 19.9 Å². The monoisotopic (exact) mass is 521 g/mol. The van der Waals surface area contributed by atoms with E-state index in [1.54, 1.807) is 43.5 Å². The van der Waals surface area contributed by atoms with Crippen molar-refractivity contribution >= 4 is 44.3 Å². The average Bonchev–Trinajstić information content (AvgIpc) is 3.29. The normalized spacial score (nSPS) is 18.6. The first-order chi connectivity index (χ1) is 16.2. The Hall–Kier alpha value is -2.46. The van der Waals surface area contributed by atoms with Gasteiger partial charge in [-0.25, -0.2) is 8.42 Å². The summed E-state index contributed by atoms with van der Waals surface area (Å²) in [5, 5.41) is 4.06. The van der Waals surface area contributed by atoms with Crippen LogP contribution in [0.3, 0.4) is 0 Å². The van der Waals surface area contributed by atoms with Crippen LogP contribution >= 0.6 is 22.9 Å². The third-order valence-corrected chi connectivity index (χ3v) is 8.83. The third kappa shape index (κ3) is 5.27. The molecule has 1 saturated heterocycles. The molecule has 182 valence electrons. The highest BCUT2D eigenvalue weighted by Gasteiger charge is 2.24. The first kappa shape index (κ1) is 24.7. The Labute approximate surface area is 209 Å². The summed E-state index contributed by atoms with van der Waals surface area (Å²) in [6.07, 6.45) is 0. The van der Waals surface area contributed by atoms with Crippen LogP contribution in [0, 0.1) is 0 Å². The molecule has 2 atom stereocenters. The molecule has 0 unspecified atom stereocenters. The van der Waals surface area contributed by atoms with Gasteiger partial charge in [0.1, 0.15) is 15.7 Å². The summed E-state index contributed by atoms with van der Waals surface area (Å²) < 4.78 is 40.3. The molecule has 1 aliphatic heterocycles. The van der Waals surface area contributed by atoms with Crippen LogP contribution in [0.5, 0.6) is 11.5 Å². The van der Waals surface area contributed by atoms with E-state index in [0.717, 1.165) is 40.6 Å². The summed E-state index contributed by atoms with van der Waals surface area (Å²) in [7, 11) is -0.756. The quantitative estimate of drug-likeness (QED) is 0.451. The Kier molecular flexibility index (Phi) is 7.28.